The molecule has 3 aliphatic rings. The Morgan fingerprint density at radius 2 is 1.80 bits per heavy atom. The van der Waals surface area contributed by atoms with Crippen molar-refractivity contribution in [3.8, 4) is 0 Å². The number of carbonyl (C=O) groups is 2. The Morgan fingerprint density at radius 3 is 2.54 bits per heavy atom. The molecule has 1 fully saturated rings. The standard InChI is InChI=1S/C26H24N2O6S/c1-2-3-13-27-19-10-6-5-9-18(19)26(25(27)31)21-22(29)17-8-4-7-11-20(17)34-23(21)24(30)28(26)16-12-14-35(32,33)15-16/h4-11,16H,2-3,12-15H2,1H3/t16-,26-/m0/s1. The Bertz CT molecular complexity index is 1580. The molecule has 1 spiro atoms. The van der Waals surface area contributed by atoms with Gasteiger partial charge in [-0.25, -0.2) is 8.42 Å². The van der Waals surface area contributed by atoms with Crippen molar-refractivity contribution in [3.63, 3.8) is 0 Å². The van der Waals surface area contributed by atoms with Crippen LogP contribution in [0.1, 0.15) is 47.9 Å². The zero-order valence-corrected chi connectivity index (χ0v) is 20.0. The van der Waals surface area contributed by atoms with E-state index in [0.717, 1.165) is 12.8 Å². The maximum Gasteiger partial charge on any atom is 0.291 e. The van der Waals surface area contributed by atoms with Crippen LogP contribution in [0.3, 0.4) is 0 Å². The van der Waals surface area contributed by atoms with Gasteiger partial charge in [0.25, 0.3) is 11.8 Å². The highest BCUT2D eigenvalue weighted by molar-refractivity contribution is 7.91. The quantitative estimate of drug-likeness (QED) is 0.555. The molecule has 0 radical (unpaired) electrons. The zero-order valence-electron chi connectivity index (χ0n) is 19.2. The molecule has 1 aromatic heterocycles. The average Bonchev–Trinajstić information content (AvgIpc) is 3.42. The van der Waals surface area contributed by atoms with E-state index >= 15 is 0 Å². The lowest BCUT2D eigenvalue weighted by atomic mass is 9.83. The number of nitrogens with zero attached hydrogens (tertiary/aromatic N) is 2. The van der Waals surface area contributed by atoms with Gasteiger partial charge in [0.1, 0.15) is 5.58 Å². The minimum atomic E-state index is -3.39. The molecular weight excluding hydrogens is 468 g/mol. The fourth-order valence-corrected chi connectivity index (χ4v) is 7.57. The first-order valence-electron chi connectivity index (χ1n) is 11.8. The van der Waals surface area contributed by atoms with Crippen LogP contribution in [-0.2, 0) is 20.2 Å². The third kappa shape index (κ3) is 2.84. The van der Waals surface area contributed by atoms with Crippen LogP contribution in [0.4, 0.5) is 5.69 Å². The molecule has 4 heterocycles. The summed E-state index contributed by atoms with van der Waals surface area (Å²) < 4.78 is 30.9. The Hall–Kier alpha value is -3.46. The number of sulfone groups is 1. The number of rotatable bonds is 4. The zero-order chi connectivity index (χ0) is 24.5. The lowest BCUT2D eigenvalue weighted by Gasteiger charge is -2.37. The van der Waals surface area contributed by atoms with Crippen LogP contribution in [0.5, 0.6) is 0 Å². The molecule has 8 nitrogen and oxygen atoms in total. The molecule has 0 aliphatic carbocycles. The number of benzene rings is 2. The number of amides is 2. The third-order valence-corrected chi connectivity index (χ3v) is 9.13. The highest BCUT2D eigenvalue weighted by Crippen LogP contribution is 2.54. The number of hydrogen-bond acceptors (Lipinski definition) is 6. The van der Waals surface area contributed by atoms with Gasteiger partial charge in [-0.2, -0.15) is 0 Å². The van der Waals surface area contributed by atoms with Gasteiger partial charge in [0.2, 0.25) is 5.76 Å². The van der Waals surface area contributed by atoms with Gasteiger partial charge in [0.15, 0.2) is 20.8 Å². The topological polar surface area (TPSA) is 105 Å². The second kappa shape index (κ2) is 7.52. The average molecular weight is 493 g/mol. The number of fused-ring (bicyclic) bond motifs is 5. The lowest BCUT2D eigenvalue weighted by Crippen LogP contribution is -2.57. The maximum atomic E-state index is 14.4. The van der Waals surface area contributed by atoms with Crippen molar-refractivity contribution < 1.29 is 22.4 Å². The fourth-order valence-electron chi connectivity index (χ4n) is 5.87. The van der Waals surface area contributed by atoms with Crippen molar-refractivity contribution >= 4 is 38.3 Å². The van der Waals surface area contributed by atoms with Crippen molar-refractivity contribution in [1.29, 1.82) is 0 Å². The molecule has 0 bridgehead atoms. The lowest BCUT2D eigenvalue weighted by molar-refractivity contribution is -0.126. The molecule has 3 aromatic rings. The van der Waals surface area contributed by atoms with Crippen molar-refractivity contribution in [2.75, 3.05) is 23.0 Å². The van der Waals surface area contributed by atoms with E-state index in [1.807, 2.05) is 19.1 Å². The van der Waals surface area contributed by atoms with Crippen molar-refractivity contribution in [2.45, 2.75) is 37.8 Å². The van der Waals surface area contributed by atoms with Crippen LogP contribution in [0.2, 0.25) is 0 Å². The van der Waals surface area contributed by atoms with Crippen molar-refractivity contribution in [1.82, 2.24) is 4.90 Å². The molecule has 6 rings (SSSR count). The number of carbonyl (C=O) groups excluding carboxylic acids is 2. The van der Waals surface area contributed by atoms with E-state index in [1.54, 1.807) is 41.3 Å². The van der Waals surface area contributed by atoms with E-state index in [0.29, 0.717) is 17.8 Å². The number of hydrogen-bond donors (Lipinski definition) is 0. The first-order valence-corrected chi connectivity index (χ1v) is 13.6. The predicted molar refractivity (Wildman–Crippen MR) is 130 cm³/mol. The smallest absolute Gasteiger partial charge is 0.291 e. The summed E-state index contributed by atoms with van der Waals surface area (Å²) >= 11 is 0. The van der Waals surface area contributed by atoms with Crippen LogP contribution in [0.25, 0.3) is 11.0 Å². The molecule has 2 aromatic carbocycles. The maximum absolute atomic E-state index is 14.4. The van der Waals surface area contributed by atoms with Crippen LogP contribution >= 0.6 is 0 Å². The first-order chi connectivity index (χ1) is 16.8. The van der Waals surface area contributed by atoms with Crippen LogP contribution in [-0.4, -0.2) is 49.2 Å². The Morgan fingerprint density at radius 1 is 1.06 bits per heavy atom. The van der Waals surface area contributed by atoms with Gasteiger partial charge in [-0.3, -0.25) is 14.4 Å². The monoisotopic (exact) mass is 492 g/mol. The van der Waals surface area contributed by atoms with E-state index in [1.165, 1.54) is 4.90 Å². The molecule has 9 heteroatoms. The second-order valence-corrected chi connectivity index (χ2v) is 11.6. The van der Waals surface area contributed by atoms with Crippen LogP contribution in [0.15, 0.2) is 57.7 Å². The molecule has 0 N–H and O–H groups in total. The summed E-state index contributed by atoms with van der Waals surface area (Å²) in [5, 5.41) is 0.275. The summed E-state index contributed by atoms with van der Waals surface area (Å²) in [6, 6.07) is 13.0. The minimum Gasteiger partial charge on any atom is -0.450 e. The molecular formula is C26H24N2O6S. The summed E-state index contributed by atoms with van der Waals surface area (Å²) in [6.45, 7) is 2.44. The molecule has 0 unspecified atom stereocenters. The van der Waals surface area contributed by atoms with Gasteiger partial charge < -0.3 is 14.2 Å². The second-order valence-electron chi connectivity index (χ2n) is 9.40. The molecule has 35 heavy (non-hydrogen) atoms. The third-order valence-electron chi connectivity index (χ3n) is 7.38. The van der Waals surface area contributed by atoms with Crippen LogP contribution < -0.4 is 10.3 Å². The van der Waals surface area contributed by atoms with E-state index in [2.05, 4.69) is 0 Å². The van der Waals surface area contributed by atoms with Gasteiger partial charge >= 0.3 is 0 Å². The summed E-state index contributed by atoms with van der Waals surface area (Å²) in [4.78, 5) is 45.3. The predicted octanol–water partition coefficient (Wildman–Crippen LogP) is 2.83. The SMILES string of the molecule is CCCCN1C(=O)[C@]2(c3ccccc31)c1c(oc3ccccc3c1=O)C(=O)N2[C@H]1CCS(=O)(=O)C1. The summed E-state index contributed by atoms with van der Waals surface area (Å²) in [5.41, 5.74) is -0.820. The van der Waals surface area contributed by atoms with E-state index < -0.39 is 38.7 Å². The molecule has 1 saturated heterocycles. The first kappa shape index (κ1) is 22.0. The highest BCUT2D eigenvalue weighted by Gasteiger charge is 2.66. The van der Waals surface area contributed by atoms with Crippen molar-refractivity contribution in [2.24, 2.45) is 0 Å². The van der Waals surface area contributed by atoms with E-state index in [-0.39, 0.29) is 40.2 Å². The molecule has 2 atom stereocenters. The van der Waals surface area contributed by atoms with Crippen LogP contribution in [0, 0.1) is 0 Å². The van der Waals surface area contributed by atoms with Crippen molar-refractivity contribution in [3.05, 3.63) is 75.6 Å². The van der Waals surface area contributed by atoms with Gasteiger partial charge in [0.05, 0.1) is 28.1 Å². The largest absolute Gasteiger partial charge is 0.450 e. The normalized spacial score (nSPS) is 24.5. The van der Waals surface area contributed by atoms with Gasteiger partial charge in [0, 0.05) is 18.2 Å². The molecule has 3 aliphatic heterocycles. The van der Waals surface area contributed by atoms with E-state index in [4.69, 9.17) is 4.42 Å². The summed E-state index contributed by atoms with van der Waals surface area (Å²) in [6.07, 6.45) is 1.79. The molecule has 0 saturated carbocycles. The Labute approximate surface area is 202 Å². The fraction of sp³-hybridized carbons (Fsp3) is 0.346. The minimum absolute atomic E-state index is 0.0121. The number of anilines is 1. The number of para-hydroxylation sites is 2. The molecule has 2 amide bonds. The summed E-state index contributed by atoms with van der Waals surface area (Å²) in [5.74, 6) is -1.55. The Kier molecular flexibility index (Phi) is 4.73. The van der Waals surface area contributed by atoms with Gasteiger partial charge in [-0.05, 0) is 31.0 Å². The molecule has 180 valence electrons. The summed E-state index contributed by atoms with van der Waals surface area (Å²) in [7, 11) is -3.39. The highest BCUT2D eigenvalue weighted by atomic mass is 32.2. The van der Waals surface area contributed by atoms with Gasteiger partial charge in [-0.15, -0.1) is 0 Å². The van der Waals surface area contributed by atoms with Gasteiger partial charge in [-0.1, -0.05) is 43.7 Å². The van der Waals surface area contributed by atoms with E-state index in [9.17, 15) is 22.8 Å². The number of unbranched alkanes of at least 4 members (excludes halogenated alkanes) is 1. The Balaban J connectivity index is 1.70.